The lowest BCUT2D eigenvalue weighted by atomic mass is 9.82. The summed E-state index contributed by atoms with van der Waals surface area (Å²) in [5.74, 6) is -0.672. The Labute approximate surface area is 172 Å². The largest absolute Gasteiger partial charge is 0.391 e. The van der Waals surface area contributed by atoms with E-state index in [4.69, 9.17) is 4.74 Å². The first-order chi connectivity index (χ1) is 13.8. The monoisotopic (exact) mass is 420 g/mol. The zero-order valence-corrected chi connectivity index (χ0v) is 16.8. The molecule has 7 heteroatoms. The SMILES string of the molecule is C[C@H](O)[C@H]1O[C@@H](C2C=C(Cc3cc4ccccc4s3)C(F)=CC2)[C@H](O)[C@@H](O)[C@@H]1O. The standard InChI is InChI=1S/C22H25FO5S/c1-11(24)21-19(26)18(25)20(27)22(28-21)13-6-7-16(23)14(8-13)10-15-9-12-4-2-3-5-17(12)29-15/h2-5,7-9,11,13,18-22,24-27H,6,10H2,1H3/t11-,13?,18-,19-,20+,21+,22-/m0/s1. The van der Waals surface area contributed by atoms with E-state index in [-0.39, 0.29) is 11.7 Å². The molecule has 7 atom stereocenters. The fourth-order valence-corrected chi connectivity index (χ4v) is 5.23. The molecule has 156 valence electrons. The van der Waals surface area contributed by atoms with E-state index in [0.717, 1.165) is 15.0 Å². The second kappa shape index (κ2) is 8.26. The molecule has 5 nitrogen and oxygen atoms in total. The number of rotatable bonds is 4. The van der Waals surface area contributed by atoms with Gasteiger partial charge in [0.15, 0.2) is 0 Å². The fraction of sp³-hybridized carbons (Fsp3) is 0.455. The van der Waals surface area contributed by atoms with Gasteiger partial charge in [0.05, 0.1) is 12.2 Å². The van der Waals surface area contributed by atoms with Crippen LogP contribution in [-0.2, 0) is 11.2 Å². The van der Waals surface area contributed by atoms with Gasteiger partial charge >= 0.3 is 0 Å². The van der Waals surface area contributed by atoms with Gasteiger partial charge < -0.3 is 25.2 Å². The van der Waals surface area contributed by atoms with E-state index in [1.54, 1.807) is 17.4 Å². The lowest BCUT2D eigenvalue weighted by Gasteiger charge is -2.44. The van der Waals surface area contributed by atoms with Crippen LogP contribution in [-0.4, -0.2) is 57.0 Å². The third kappa shape index (κ3) is 4.03. The molecule has 0 amide bonds. The van der Waals surface area contributed by atoms with Crippen LogP contribution in [0.15, 0.2) is 53.9 Å². The van der Waals surface area contributed by atoms with Gasteiger partial charge in [-0.15, -0.1) is 11.3 Å². The fourth-order valence-electron chi connectivity index (χ4n) is 4.15. The Bertz CT molecular complexity index is 903. The molecular weight excluding hydrogens is 395 g/mol. The molecule has 29 heavy (non-hydrogen) atoms. The third-order valence-electron chi connectivity index (χ3n) is 5.72. The number of allylic oxidation sites excluding steroid dienone is 3. The molecule has 1 aliphatic heterocycles. The van der Waals surface area contributed by atoms with Gasteiger partial charge in [-0.2, -0.15) is 0 Å². The number of halogens is 1. The van der Waals surface area contributed by atoms with Gasteiger partial charge in [-0.25, -0.2) is 4.39 Å². The van der Waals surface area contributed by atoms with Crippen LogP contribution in [0.2, 0.25) is 0 Å². The van der Waals surface area contributed by atoms with E-state index in [1.807, 2.05) is 30.3 Å². The number of aliphatic hydroxyl groups excluding tert-OH is 4. The summed E-state index contributed by atoms with van der Waals surface area (Å²) in [4.78, 5) is 1.03. The number of fused-ring (bicyclic) bond motifs is 1. The summed E-state index contributed by atoms with van der Waals surface area (Å²) in [6, 6.07) is 10.0. The molecule has 1 unspecified atom stereocenters. The molecule has 1 aromatic heterocycles. The highest BCUT2D eigenvalue weighted by atomic mass is 32.1. The maximum absolute atomic E-state index is 14.5. The third-order valence-corrected chi connectivity index (χ3v) is 6.83. The molecule has 4 rings (SSSR count). The smallest absolute Gasteiger partial charge is 0.122 e. The van der Waals surface area contributed by atoms with Gasteiger partial charge in [-0.05, 0) is 42.5 Å². The Hall–Kier alpha value is -1.61. The van der Waals surface area contributed by atoms with Crippen molar-refractivity contribution in [2.45, 2.75) is 56.4 Å². The van der Waals surface area contributed by atoms with Crippen molar-refractivity contribution in [2.75, 3.05) is 0 Å². The first-order valence-electron chi connectivity index (χ1n) is 9.77. The van der Waals surface area contributed by atoms with Gasteiger partial charge in [0.1, 0.15) is 30.2 Å². The van der Waals surface area contributed by atoms with Crippen LogP contribution in [0.5, 0.6) is 0 Å². The van der Waals surface area contributed by atoms with Gasteiger partial charge in [-0.3, -0.25) is 0 Å². The van der Waals surface area contributed by atoms with E-state index < -0.39 is 36.6 Å². The topological polar surface area (TPSA) is 90.2 Å². The first kappa shape index (κ1) is 20.7. The average Bonchev–Trinajstić information content (AvgIpc) is 3.10. The second-order valence-electron chi connectivity index (χ2n) is 7.85. The lowest BCUT2D eigenvalue weighted by Crippen LogP contribution is -2.61. The van der Waals surface area contributed by atoms with Crippen LogP contribution in [0, 0.1) is 5.92 Å². The molecule has 2 aliphatic rings. The van der Waals surface area contributed by atoms with Crippen LogP contribution in [0.1, 0.15) is 18.2 Å². The molecule has 0 radical (unpaired) electrons. The number of hydrogen-bond acceptors (Lipinski definition) is 6. The minimum Gasteiger partial charge on any atom is -0.391 e. The van der Waals surface area contributed by atoms with Crippen molar-refractivity contribution in [1.29, 1.82) is 0 Å². The molecule has 2 heterocycles. The highest BCUT2D eigenvalue weighted by Gasteiger charge is 2.47. The minimum absolute atomic E-state index is 0.295. The predicted octanol–water partition coefficient (Wildman–Crippen LogP) is 2.47. The summed E-state index contributed by atoms with van der Waals surface area (Å²) >= 11 is 1.61. The maximum atomic E-state index is 14.5. The van der Waals surface area contributed by atoms with E-state index >= 15 is 0 Å². The number of benzene rings is 1. The number of hydrogen-bond donors (Lipinski definition) is 4. The number of thiophene rings is 1. The second-order valence-corrected chi connectivity index (χ2v) is 9.02. The Morgan fingerprint density at radius 1 is 1.17 bits per heavy atom. The van der Waals surface area contributed by atoms with Crippen molar-refractivity contribution in [3.05, 3.63) is 58.8 Å². The highest BCUT2D eigenvalue weighted by Crippen LogP contribution is 2.36. The molecular formula is C22H25FO5S. The summed E-state index contributed by atoms with van der Waals surface area (Å²) in [7, 11) is 0. The molecule has 0 bridgehead atoms. The van der Waals surface area contributed by atoms with Crippen molar-refractivity contribution in [3.8, 4) is 0 Å². The van der Waals surface area contributed by atoms with E-state index in [1.165, 1.54) is 13.0 Å². The van der Waals surface area contributed by atoms with Crippen molar-refractivity contribution in [3.63, 3.8) is 0 Å². The summed E-state index contributed by atoms with van der Waals surface area (Å²) in [5, 5.41) is 41.7. The Morgan fingerprint density at radius 2 is 1.93 bits per heavy atom. The van der Waals surface area contributed by atoms with Crippen molar-refractivity contribution in [2.24, 2.45) is 5.92 Å². The summed E-state index contributed by atoms with van der Waals surface area (Å²) in [6.45, 7) is 1.46. The van der Waals surface area contributed by atoms with Crippen molar-refractivity contribution in [1.82, 2.24) is 0 Å². The molecule has 1 fully saturated rings. The Morgan fingerprint density at radius 3 is 2.66 bits per heavy atom. The predicted molar refractivity (Wildman–Crippen MR) is 109 cm³/mol. The number of ether oxygens (including phenoxy) is 1. The van der Waals surface area contributed by atoms with Crippen LogP contribution in [0.4, 0.5) is 4.39 Å². The van der Waals surface area contributed by atoms with Crippen LogP contribution in [0.25, 0.3) is 10.1 Å². The zero-order valence-electron chi connectivity index (χ0n) is 16.0. The normalized spacial score (nSPS) is 34.0. The Kier molecular flexibility index (Phi) is 5.88. The molecule has 1 aliphatic carbocycles. The molecule has 1 saturated heterocycles. The quantitative estimate of drug-likeness (QED) is 0.610. The average molecular weight is 421 g/mol. The maximum Gasteiger partial charge on any atom is 0.122 e. The van der Waals surface area contributed by atoms with Gasteiger partial charge in [0.25, 0.3) is 0 Å². The van der Waals surface area contributed by atoms with Crippen LogP contribution < -0.4 is 0 Å². The molecule has 0 saturated carbocycles. The van der Waals surface area contributed by atoms with Gasteiger partial charge in [0, 0.05) is 21.9 Å². The first-order valence-corrected chi connectivity index (χ1v) is 10.6. The summed E-state index contributed by atoms with van der Waals surface area (Å²) in [6.07, 6.45) is -3.11. The van der Waals surface area contributed by atoms with Crippen LogP contribution in [0.3, 0.4) is 0 Å². The molecule has 4 N–H and O–H groups in total. The minimum atomic E-state index is -1.44. The van der Waals surface area contributed by atoms with Gasteiger partial charge in [0.2, 0.25) is 0 Å². The molecule has 2 aromatic rings. The van der Waals surface area contributed by atoms with Crippen molar-refractivity contribution >= 4 is 21.4 Å². The van der Waals surface area contributed by atoms with Gasteiger partial charge in [-0.1, -0.05) is 24.3 Å². The Balaban J connectivity index is 1.57. The molecule has 0 spiro atoms. The molecule has 1 aromatic carbocycles. The highest BCUT2D eigenvalue weighted by molar-refractivity contribution is 7.19. The summed E-state index contributed by atoms with van der Waals surface area (Å²) < 4.78 is 21.4. The van der Waals surface area contributed by atoms with Crippen LogP contribution >= 0.6 is 11.3 Å². The van der Waals surface area contributed by atoms with E-state index in [0.29, 0.717) is 18.4 Å². The van der Waals surface area contributed by atoms with E-state index in [9.17, 15) is 24.8 Å². The lowest BCUT2D eigenvalue weighted by molar-refractivity contribution is -0.248. The van der Waals surface area contributed by atoms with Crippen molar-refractivity contribution < 1.29 is 29.6 Å². The zero-order chi connectivity index (χ0) is 20.7. The van der Waals surface area contributed by atoms with E-state index in [2.05, 4.69) is 0 Å². The summed E-state index contributed by atoms with van der Waals surface area (Å²) in [5.41, 5.74) is 0.512. The number of aliphatic hydroxyl groups is 4.